The Morgan fingerprint density at radius 1 is 0.338 bits per heavy atom. The van der Waals surface area contributed by atoms with Gasteiger partial charge >= 0.3 is 0 Å². The first-order valence-electron chi connectivity index (χ1n) is 22.4. The molecule has 1 nitrogen and oxygen atoms in total. The van der Waals surface area contributed by atoms with E-state index in [9.17, 15) is 0 Å². The molecule has 1 aliphatic carbocycles. The lowest BCUT2D eigenvalue weighted by molar-refractivity contribution is 0.768. The van der Waals surface area contributed by atoms with Crippen molar-refractivity contribution in [2.24, 2.45) is 0 Å². The second kappa shape index (κ2) is 15.1. The summed E-state index contributed by atoms with van der Waals surface area (Å²) in [6, 6.07) is 92.2. The maximum atomic E-state index is 2.52. The molecule has 0 bridgehead atoms. The SMILES string of the molecule is c1ccc(C2(c3ccccc3)c3ccccc3-c3ccc(N(c4ccc(-c5ccc6ccccc6c5)cc4)c4ccc(-c5cccc6ccccc56)c5sc6ccccc6c45)cc32)cc1. The number of nitrogens with zero attached hydrogens (tertiary/aromatic N) is 1. The molecule has 0 aliphatic heterocycles. The van der Waals surface area contributed by atoms with Crippen molar-refractivity contribution < 1.29 is 0 Å². The highest BCUT2D eigenvalue weighted by Crippen LogP contribution is 2.58. The number of hydrogen-bond acceptors (Lipinski definition) is 2. The molecule has 13 rings (SSSR count). The van der Waals surface area contributed by atoms with Gasteiger partial charge in [0, 0.05) is 37.1 Å². The van der Waals surface area contributed by atoms with E-state index in [4.69, 9.17) is 0 Å². The van der Waals surface area contributed by atoms with Gasteiger partial charge in [-0.05, 0) is 114 Å². The van der Waals surface area contributed by atoms with Gasteiger partial charge < -0.3 is 4.90 Å². The van der Waals surface area contributed by atoms with Crippen LogP contribution in [0, 0.1) is 0 Å². The monoisotopic (exact) mass is 843 g/mol. The number of anilines is 3. The average molecular weight is 844 g/mol. The van der Waals surface area contributed by atoms with Crippen LogP contribution in [0.1, 0.15) is 22.3 Å². The molecular formula is C63H41NS. The highest BCUT2D eigenvalue weighted by molar-refractivity contribution is 7.26. The molecule has 11 aromatic carbocycles. The molecule has 1 aliphatic rings. The van der Waals surface area contributed by atoms with E-state index in [-0.39, 0.29) is 0 Å². The van der Waals surface area contributed by atoms with Crippen LogP contribution in [0.4, 0.5) is 17.1 Å². The Hall–Kier alpha value is -8.04. The smallest absolute Gasteiger partial charge is 0.0714 e. The third-order valence-corrected chi connectivity index (χ3v) is 14.9. The average Bonchev–Trinajstić information content (AvgIpc) is 3.92. The van der Waals surface area contributed by atoms with Crippen molar-refractivity contribution in [2.75, 3.05) is 4.90 Å². The summed E-state index contributed by atoms with van der Waals surface area (Å²) >= 11 is 1.89. The van der Waals surface area contributed by atoms with Crippen LogP contribution in [-0.4, -0.2) is 0 Å². The predicted molar refractivity (Wildman–Crippen MR) is 277 cm³/mol. The summed E-state index contributed by atoms with van der Waals surface area (Å²) in [5, 5.41) is 7.52. The van der Waals surface area contributed by atoms with Crippen molar-refractivity contribution >= 4 is 70.1 Å². The second-order valence-electron chi connectivity index (χ2n) is 17.2. The van der Waals surface area contributed by atoms with Crippen LogP contribution >= 0.6 is 11.3 Å². The van der Waals surface area contributed by atoms with Gasteiger partial charge in [0.15, 0.2) is 0 Å². The van der Waals surface area contributed by atoms with Gasteiger partial charge in [0.2, 0.25) is 0 Å². The third-order valence-electron chi connectivity index (χ3n) is 13.7. The molecule has 0 atom stereocenters. The maximum absolute atomic E-state index is 2.52. The number of fused-ring (bicyclic) bond motifs is 8. The summed E-state index contributed by atoms with van der Waals surface area (Å²) in [4.78, 5) is 2.52. The Kier molecular flexibility index (Phi) is 8.69. The highest BCUT2D eigenvalue weighted by Gasteiger charge is 2.46. The van der Waals surface area contributed by atoms with Crippen molar-refractivity contribution in [3.05, 3.63) is 271 Å². The molecule has 0 amide bonds. The summed E-state index contributed by atoms with van der Waals surface area (Å²) < 4.78 is 2.56. The van der Waals surface area contributed by atoms with Crippen molar-refractivity contribution in [1.29, 1.82) is 0 Å². The van der Waals surface area contributed by atoms with E-state index < -0.39 is 5.41 Å². The molecule has 0 fully saturated rings. The fourth-order valence-electron chi connectivity index (χ4n) is 10.8. The Morgan fingerprint density at radius 2 is 0.923 bits per heavy atom. The first-order valence-corrected chi connectivity index (χ1v) is 23.2. The molecule has 0 N–H and O–H groups in total. The van der Waals surface area contributed by atoms with Crippen molar-refractivity contribution in [2.45, 2.75) is 5.41 Å². The molecule has 0 radical (unpaired) electrons. The standard InChI is InChI=1S/C63H41NS/c1-3-20-47(21-4-1)63(48-22-5-2-6-23-48)57-28-13-11-25-53(57)54-37-36-50(41-58(54)63)64(49-34-32-43(33-35-49)46-31-30-42-16-7-8-18-45(42)40-46)59-39-38-55(52-27-15-19-44-17-9-10-24-51(44)52)62-61(59)56-26-12-14-29-60(56)65-62/h1-41H. The topological polar surface area (TPSA) is 3.24 Å². The van der Waals surface area contributed by atoms with Gasteiger partial charge in [-0.15, -0.1) is 11.3 Å². The first kappa shape index (κ1) is 37.5. The van der Waals surface area contributed by atoms with Gasteiger partial charge in [-0.2, -0.15) is 0 Å². The Morgan fingerprint density at radius 3 is 1.72 bits per heavy atom. The lowest BCUT2D eigenvalue weighted by Crippen LogP contribution is -2.28. The molecule has 1 aromatic heterocycles. The molecule has 65 heavy (non-hydrogen) atoms. The lowest BCUT2D eigenvalue weighted by atomic mass is 9.67. The van der Waals surface area contributed by atoms with Crippen LogP contribution in [0.5, 0.6) is 0 Å². The zero-order chi connectivity index (χ0) is 42.9. The van der Waals surface area contributed by atoms with Gasteiger partial charge in [0.25, 0.3) is 0 Å². The van der Waals surface area contributed by atoms with Crippen molar-refractivity contribution in [1.82, 2.24) is 0 Å². The van der Waals surface area contributed by atoms with Crippen LogP contribution in [0.2, 0.25) is 0 Å². The zero-order valence-electron chi connectivity index (χ0n) is 35.5. The molecule has 12 aromatic rings. The molecule has 2 heteroatoms. The van der Waals surface area contributed by atoms with Gasteiger partial charge in [0.1, 0.15) is 0 Å². The van der Waals surface area contributed by atoms with Gasteiger partial charge in [0.05, 0.1) is 11.1 Å². The molecule has 304 valence electrons. The van der Waals surface area contributed by atoms with Crippen molar-refractivity contribution in [3.63, 3.8) is 0 Å². The fraction of sp³-hybridized carbons (Fsp3) is 0.0159. The minimum atomic E-state index is -0.529. The first-order chi connectivity index (χ1) is 32.2. The lowest BCUT2D eigenvalue weighted by Gasteiger charge is -2.35. The van der Waals surface area contributed by atoms with E-state index in [1.54, 1.807) is 0 Å². The van der Waals surface area contributed by atoms with Gasteiger partial charge in [-0.3, -0.25) is 0 Å². The third kappa shape index (κ3) is 5.85. The number of thiophene rings is 1. The quantitative estimate of drug-likeness (QED) is 0.154. The fourth-order valence-corrected chi connectivity index (χ4v) is 12.1. The largest absolute Gasteiger partial charge is 0.310 e. The molecule has 0 spiro atoms. The summed E-state index contributed by atoms with van der Waals surface area (Å²) in [5.41, 5.74) is 15.4. The summed E-state index contributed by atoms with van der Waals surface area (Å²) in [5.74, 6) is 0. The number of benzene rings is 11. The summed E-state index contributed by atoms with van der Waals surface area (Å²) in [6.45, 7) is 0. The normalized spacial score (nSPS) is 12.7. The zero-order valence-corrected chi connectivity index (χ0v) is 36.3. The van der Waals surface area contributed by atoms with Gasteiger partial charge in [-0.25, -0.2) is 0 Å². The van der Waals surface area contributed by atoms with Crippen LogP contribution < -0.4 is 4.90 Å². The van der Waals surface area contributed by atoms with E-state index in [0.29, 0.717) is 0 Å². The summed E-state index contributed by atoms with van der Waals surface area (Å²) in [7, 11) is 0. The molecule has 0 saturated heterocycles. The van der Waals surface area contributed by atoms with E-state index in [1.165, 1.54) is 97.4 Å². The van der Waals surface area contributed by atoms with E-state index in [0.717, 1.165) is 17.1 Å². The number of hydrogen-bond donors (Lipinski definition) is 0. The maximum Gasteiger partial charge on any atom is 0.0714 e. The Bertz CT molecular complexity index is 3730. The summed E-state index contributed by atoms with van der Waals surface area (Å²) in [6.07, 6.45) is 0. The van der Waals surface area contributed by atoms with E-state index >= 15 is 0 Å². The minimum absolute atomic E-state index is 0.529. The molecular weight excluding hydrogens is 803 g/mol. The van der Waals surface area contributed by atoms with Crippen molar-refractivity contribution in [3.8, 4) is 33.4 Å². The molecule has 0 unspecified atom stereocenters. The van der Waals surface area contributed by atoms with Crippen LogP contribution in [0.25, 0.3) is 75.1 Å². The highest BCUT2D eigenvalue weighted by atomic mass is 32.1. The second-order valence-corrected chi connectivity index (χ2v) is 18.2. The Labute approximate surface area is 382 Å². The van der Waals surface area contributed by atoms with E-state index in [1.807, 2.05) is 11.3 Å². The number of rotatable bonds is 7. The van der Waals surface area contributed by atoms with Crippen LogP contribution in [0.3, 0.4) is 0 Å². The van der Waals surface area contributed by atoms with Crippen LogP contribution in [0.15, 0.2) is 249 Å². The molecule has 1 heterocycles. The minimum Gasteiger partial charge on any atom is -0.310 e. The Balaban J connectivity index is 1.08. The van der Waals surface area contributed by atoms with E-state index in [2.05, 4.69) is 254 Å². The van der Waals surface area contributed by atoms with Crippen LogP contribution in [-0.2, 0) is 5.41 Å². The predicted octanol–water partition coefficient (Wildman–Crippen LogP) is 17.5. The molecule has 0 saturated carbocycles. The van der Waals surface area contributed by atoms with Gasteiger partial charge in [-0.1, -0.05) is 206 Å².